The van der Waals surface area contributed by atoms with Gasteiger partial charge in [-0.1, -0.05) is 18.9 Å². The van der Waals surface area contributed by atoms with E-state index in [1.54, 1.807) is 11.3 Å². The molecule has 2 rings (SSSR count). The van der Waals surface area contributed by atoms with Crippen LogP contribution in [0, 0.1) is 5.92 Å². The van der Waals surface area contributed by atoms with Gasteiger partial charge >= 0.3 is 0 Å². The van der Waals surface area contributed by atoms with Gasteiger partial charge in [0, 0.05) is 18.0 Å². The van der Waals surface area contributed by atoms with E-state index in [4.69, 9.17) is 0 Å². The number of aliphatic hydroxyl groups is 1. The number of hydrogen-bond donors (Lipinski definition) is 3. The molecule has 1 heterocycles. The molecule has 20 heavy (non-hydrogen) atoms. The largest absolute Gasteiger partial charge is 0.383 e. The second-order valence-electron chi connectivity index (χ2n) is 5.61. The second kappa shape index (κ2) is 7.09. The first-order valence-corrected chi connectivity index (χ1v) is 8.28. The van der Waals surface area contributed by atoms with Crippen molar-refractivity contribution in [3.8, 4) is 0 Å². The van der Waals surface area contributed by atoms with Crippen LogP contribution in [0.3, 0.4) is 0 Å². The third-order valence-corrected chi connectivity index (χ3v) is 4.61. The minimum atomic E-state index is -0.896. The average molecular weight is 295 g/mol. The van der Waals surface area contributed by atoms with Gasteiger partial charge in [-0.25, -0.2) is 4.99 Å². The Bertz CT molecular complexity index is 424. The zero-order valence-electron chi connectivity index (χ0n) is 12.4. The zero-order chi connectivity index (χ0) is 14.4. The summed E-state index contributed by atoms with van der Waals surface area (Å²) in [4.78, 5) is 5.46. The summed E-state index contributed by atoms with van der Waals surface area (Å²) in [5.74, 6) is 1.71. The van der Waals surface area contributed by atoms with Crippen molar-refractivity contribution in [1.82, 2.24) is 10.6 Å². The molecule has 1 aromatic heterocycles. The number of hydrogen-bond acceptors (Lipinski definition) is 3. The van der Waals surface area contributed by atoms with E-state index in [0.717, 1.165) is 29.8 Å². The minimum Gasteiger partial charge on any atom is -0.383 e. The highest BCUT2D eigenvalue weighted by Gasteiger charge is 2.24. The van der Waals surface area contributed by atoms with E-state index < -0.39 is 5.60 Å². The van der Waals surface area contributed by atoms with Gasteiger partial charge in [-0.05, 0) is 37.6 Å². The lowest BCUT2D eigenvalue weighted by Gasteiger charge is -2.20. The molecule has 0 amide bonds. The van der Waals surface area contributed by atoms with E-state index in [1.165, 1.54) is 19.3 Å². The minimum absolute atomic E-state index is 0.367. The number of thiophene rings is 1. The number of nitrogens with one attached hydrogen (secondary N) is 2. The zero-order valence-corrected chi connectivity index (χ0v) is 13.2. The van der Waals surface area contributed by atoms with E-state index in [2.05, 4.69) is 22.5 Å². The van der Waals surface area contributed by atoms with Crippen molar-refractivity contribution in [3.63, 3.8) is 0 Å². The first-order valence-electron chi connectivity index (χ1n) is 7.40. The topological polar surface area (TPSA) is 56.7 Å². The highest BCUT2D eigenvalue weighted by Crippen LogP contribution is 2.31. The summed E-state index contributed by atoms with van der Waals surface area (Å²) < 4.78 is 0. The van der Waals surface area contributed by atoms with Gasteiger partial charge in [-0.15, -0.1) is 11.3 Å². The smallest absolute Gasteiger partial charge is 0.191 e. The molecule has 1 unspecified atom stereocenters. The molecule has 1 aromatic rings. The molecule has 0 aliphatic heterocycles. The van der Waals surface area contributed by atoms with Crippen molar-refractivity contribution in [2.45, 2.75) is 38.7 Å². The summed E-state index contributed by atoms with van der Waals surface area (Å²) in [6.07, 6.45) is 3.97. The Kier molecular flexibility index (Phi) is 5.43. The van der Waals surface area contributed by atoms with Crippen molar-refractivity contribution >= 4 is 17.3 Å². The Morgan fingerprint density at radius 3 is 2.90 bits per heavy atom. The Balaban J connectivity index is 1.86. The van der Waals surface area contributed by atoms with E-state index >= 15 is 0 Å². The van der Waals surface area contributed by atoms with Crippen molar-refractivity contribution in [2.24, 2.45) is 10.9 Å². The number of nitrogens with zero attached hydrogens (tertiary/aromatic N) is 1. The van der Waals surface area contributed by atoms with E-state index in [1.807, 2.05) is 24.4 Å². The summed E-state index contributed by atoms with van der Waals surface area (Å²) in [6.45, 7) is 6.02. The summed E-state index contributed by atoms with van der Waals surface area (Å²) in [5.41, 5.74) is -0.896. The number of guanidine groups is 1. The van der Waals surface area contributed by atoms with Crippen LogP contribution in [0.4, 0.5) is 0 Å². The SMILES string of the molecule is CCNC(=NCC(C)(O)c1cccs1)NCCC1CC1. The van der Waals surface area contributed by atoms with Gasteiger partial charge in [0.2, 0.25) is 0 Å². The Morgan fingerprint density at radius 1 is 1.50 bits per heavy atom. The Morgan fingerprint density at radius 2 is 2.30 bits per heavy atom. The molecular formula is C15H25N3OS. The molecule has 0 radical (unpaired) electrons. The molecule has 3 N–H and O–H groups in total. The fourth-order valence-electron chi connectivity index (χ4n) is 2.04. The van der Waals surface area contributed by atoms with Crippen LogP contribution >= 0.6 is 11.3 Å². The van der Waals surface area contributed by atoms with Crippen molar-refractivity contribution < 1.29 is 5.11 Å². The number of aliphatic imine (C=N–C) groups is 1. The molecule has 1 aliphatic rings. The molecular weight excluding hydrogens is 270 g/mol. The lowest BCUT2D eigenvalue weighted by molar-refractivity contribution is 0.0711. The molecule has 0 spiro atoms. The lowest BCUT2D eigenvalue weighted by atomic mass is 10.1. The van der Waals surface area contributed by atoms with Crippen molar-refractivity contribution in [1.29, 1.82) is 0 Å². The Labute approximate surface area is 125 Å². The summed E-state index contributed by atoms with van der Waals surface area (Å²) in [6, 6.07) is 3.91. The van der Waals surface area contributed by atoms with E-state index in [9.17, 15) is 5.11 Å². The van der Waals surface area contributed by atoms with Crippen LogP contribution in [0.15, 0.2) is 22.5 Å². The standard InChI is InChI=1S/C15H25N3OS/c1-3-16-14(17-9-8-12-6-7-12)18-11-15(2,19)13-5-4-10-20-13/h4-5,10,12,19H,3,6-9,11H2,1-2H3,(H2,16,17,18). The second-order valence-corrected chi connectivity index (χ2v) is 6.55. The van der Waals surface area contributed by atoms with Gasteiger partial charge in [0.15, 0.2) is 5.96 Å². The molecule has 1 aliphatic carbocycles. The molecule has 1 atom stereocenters. The molecule has 0 aromatic carbocycles. The van der Waals surface area contributed by atoms with Crippen LogP contribution in [0.2, 0.25) is 0 Å². The molecule has 1 fully saturated rings. The van der Waals surface area contributed by atoms with Gasteiger partial charge in [0.1, 0.15) is 5.60 Å². The quantitative estimate of drug-likeness (QED) is 0.534. The average Bonchev–Trinajstić information content (AvgIpc) is 3.06. The summed E-state index contributed by atoms with van der Waals surface area (Å²) >= 11 is 1.56. The normalized spacial score (nSPS) is 18.6. The molecule has 0 saturated heterocycles. The van der Waals surface area contributed by atoms with Crippen LogP contribution in [-0.4, -0.2) is 30.7 Å². The highest BCUT2D eigenvalue weighted by molar-refractivity contribution is 7.10. The molecule has 0 bridgehead atoms. The lowest BCUT2D eigenvalue weighted by Crippen LogP contribution is -2.39. The monoisotopic (exact) mass is 295 g/mol. The van der Waals surface area contributed by atoms with Gasteiger partial charge in [0.25, 0.3) is 0 Å². The maximum Gasteiger partial charge on any atom is 0.191 e. The van der Waals surface area contributed by atoms with Crippen LogP contribution in [-0.2, 0) is 5.60 Å². The number of rotatable bonds is 7. The van der Waals surface area contributed by atoms with Crippen LogP contribution in [0.25, 0.3) is 0 Å². The van der Waals surface area contributed by atoms with Gasteiger partial charge in [0.05, 0.1) is 6.54 Å². The Hall–Kier alpha value is -1.07. The van der Waals surface area contributed by atoms with Gasteiger partial charge in [-0.3, -0.25) is 0 Å². The molecule has 112 valence electrons. The maximum atomic E-state index is 10.5. The van der Waals surface area contributed by atoms with E-state index in [0.29, 0.717) is 6.54 Å². The van der Waals surface area contributed by atoms with E-state index in [-0.39, 0.29) is 0 Å². The predicted molar refractivity (Wildman–Crippen MR) is 85.2 cm³/mol. The van der Waals surface area contributed by atoms with Crippen LogP contribution in [0.1, 0.15) is 38.0 Å². The van der Waals surface area contributed by atoms with Crippen molar-refractivity contribution in [3.05, 3.63) is 22.4 Å². The molecule has 4 nitrogen and oxygen atoms in total. The summed E-state index contributed by atoms with van der Waals surface area (Å²) in [7, 11) is 0. The molecule has 5 heteroatoms. The van der Waals surface area contributed by atoms with Crippen LogP contribution in [0.5, 0.6) is 0 Å². The third kappa shape index (κ3) is 4.80. The van der Waals surface area contributed by atoms with Gasteiger partial charge < -0.3 is 15.7 Å². The fourth-order valence-corrected chi connectivity index (χ4v) is 2.82. The third-order valence-electron chi connectivity index (χ3n) is 3.48. The maximum absolute atomic E-state index is 10.5. The first kappa shape index (κ1) is 15.3. The highest BCUT2D eigenvalue weighted by atomic mass is 32.1. The van der Waals surface area contributed by atoms with Crippen molar-refractivity contribution in [2.75, 3.05) is 19.6 Å². The molecule has 1 saturated carbocycles. The predicted octanol–water partition coefficient (Wildman–Crippen LogP) is 2.31. The summed E-state index contributed by atoms with van der Waals surface area (Å²) in [5, 5.41) is 19.0. The fraction of sp³-hybridized carbons (Fsp3) is 0.667. The first-order chi connectivity index (χ1) is 9.62. The van der Waals surface area contributed by atoms with Gasteiger partial charge in [-0.2, -0.15) is 0 Å². The van der Waals surface area contributed by atoms with Crippen LogP contribution < -0.4 is 10.6 Å².